The van der Waals surface area contributed by atoms with Crippen LogP contribution in [0.4, 0.5) is 5.69 Å². The van der Waals surface area contributed by atoms with E-state index in [2.05, 4.69) is 27.9 Å². The fraction of sp³-hybridized carbons (Fsp3) is 0.364. The summed E-state index contributed by atoms with van der Waals surface area (Å²) in [5, 5.41) is 11.9. The van der Waals surface area contributed by atoms with Crippen molar-refractivity contribution < 1.29 is 32.7 Å². The molecule has 3 N–H and O–H groups in total. The Kier molecular flexibility index (Phi) is 8.68. The van der Waals surface area contributed by atoms with E-state index in [4.69, 9.17) is 14.7 Å². The third-order valence-corrected chi connectivity index (χ3v) is 8.58. The van der Waals surface area contributed by atoms with Gasteiger partial charge >= 0.3 is 0 Å². The van der Waals surface area contributed by atoms with Crippen LogP contribution >= 0.6 is 22.6 Å². The zero-order valence-electron chi connectivity index (χ0n) is 17.8. The molecule has 1 aliphatic heterocycles. The van der Waals surface area contributed by atoms with Gasteiger partial charge in [-0.3, -0.25) is 14.8 Å². The zero-order valence-corrected chi connectivity index (χ0v) is 20.7. The van der Waals surface area contributed by atoms with Gasteiger partial charge in [0, 0.05) is 28.9 Å². The standard InChI is InChI=1S/C22H25IN2O7S/c23-16-3-1-4-17(15-16)24-20(26)5-2-12-32-18-6-8-19(9-7-18)33(29,30)22(21(27)25-28)10-13-31-14-11-22/h1,3-4,6-9,15,28H,2,5,10-14H2,(H,24,26)(H,25,27). The number of halogens is 1. The number of nitrogens with one attached hydrogen (secondary N) is 2. The Morgan fingerprint density at radius 2 is 1.82 bits per heavy atom. The Hall–Kier alpha value is -2.22. The lowest BCUT2D eigenvalue weighted by atomic mass is 9.98. The van der Waals surface area contributed by atoms with E-state index < -0.39 is 20.5 Å². The second-order valence-corrected chi connectivity index (χ2v) is 11.0. The van der Waals surface area contributed by atoms with Crippen LogP contribution in [-0.2, 0) is 24.2 Å². The number of carbonyl (C=O) groups excluding carboxylic acids is 2. The topological polar surface area (TPSA) is 131 Å². The van der Waals surface area contributed by atoms with E-state index in [9.17, 15) is 18.0 Å². The highest BCUT2D eigenvalue weighted by Gasteiger charge is 2.52. The minimum atomic E-state index is -4.08. The summed E-state index contributed by atoms with van der Waals surface area (Å²) >= 11 is 2.17. The molecule has 0 radical (unpaired) electrons. The monoisotopic (exact) mass is 588 g/mol. The van der Waals surface area contributed by atoms with E-state index >= 15 is 0 Å². The van der Waals surface area contributed by atoms with Crippen molar-refractivity contribution in [3.8, 4) is 5.75 Å². The summed E-state index contributed by atoms with van der Waals surface area (Å²) in [4.78, 5) is 24.3. The van der Waals surface area contributed by atoms with Crippen molar-refractivity contribution >= 4 is 49.9 Å². The molecule has 1 heterocycles. The largest absolute Gasteiger partial charge is 0.494 e. The molecular formula is C22H25IN2O7S. The van der Waals surface area contributed by atoms with E-state index in [0.29, 0.717) is 12.2 Å². The lowest BCUT2D eigenvalue weighted by Crippen LogP contribution is -2.54. The molecule has 178 valence electrons. The minimum absolute atomic E-state index is 0.0442. The average molecular weight is 588 g/mol. The maximum atomic E-state index is 13.2. The summed E-state index contributed by atoms with van der Waals surface area (Å²) in [5.41, 5.74) is 2.23. The van der Waals surface area contributed by atoms with Gasteiger partial charge in [0.05, 0.1) is 11.5 Å². The molecule has 2 aromatic carbocycles. The predicted molar refractivity (Wildman–Crippen MR) is 129 cm³/mol. The van der Waals surface area contributed by atoms with Crippen LogP contribution in [0.15, 0.2) is 53.4 Å². The van der Waals surface area contributed by atoms with Crippen LogP contribution in [0.3, 0.4) is 0 Å². The smallest absolute Gasteiger partial charge is 0.265 e. The lowest BCUT2D eigenvalue weighted by molar-refractivity contribution is -0.134. The number of hydrogen-bond donors (Lipinski definition) is 3. The first-order valence-corrected chi connectivity index (χ1v) is 12.9. The Morgan fingerprint density at radius 1 is 1.12 bits per heavy atom. The van der Waals surface area contributed by atoms with Crippen LogP contribution in [0, 0.1) is 3.57 Å². The van der Waals surface area contributed by atoms with Crippen LogP contribution in [0.5, 0.6) is 5.75 Å². The van der Waals surface area contributed by atoms with Gasteiger partial charge in [-0.1, -0.05) is 6.07 Å². The Morgan fingerprint density at radius 3 is 2.45 bits per heavy atom. The van der Waals surface area contributed by atoms with Crippen molar-refractivity contribution in [3.63, 3.8) is 0 Å². The Labute approximate surface area is 205 Å². The fourth-order valence-corrected chi connectivity index (χ4v) is 6.06. The third kappa shape index (κ3) is 6.02. The van der Waals surface area contributed by atoms with E-state index in [0.717, 1.165) is 9.26 Å². The molecule has 3 rings (SSSR count). The number of hydroxylamine groups is 1. The third-order valence-electron chi connectivity index (χ3n) is 5.39. The zero-order chi connectivity index (χ0) is 23.9. The molecule has 2 aromatic rings. The molecule has 0 atom stereocenters. The van der Waals surface area contributed by atoms with Gasteiger partial charge < -0.3 is 14.8 Å². The molecule has 1 saturated heterocycles. The van der Waals surface area contributed by atoms with Crippen molar-refractivity contribution in [2.75, 3.05) is 25.1 Å². The second kappa shape index (κ2) is 11.3. The SMILES string of the molecule is O=C(CCCOc1ccc(S(=O)(=O)C2(C(=O)NO)CCOCC2)cc1)Nc1cccc(I)c1. The molecular weight excluding hydrogens is 563 g/mol. The van der Waals surface area contributed by atoms with Gasteiger partial charge in [0.2, 0.25) is 5.91 Å². The highest BCUT2D eigenvalue weighted by molar-refractivity contribution is 14.1. The van der Waals surface area contributed by atoms with Crippen molar-refractivity contribution in [1.29, 1.82) is 0 Å². The molecule has 0 aromatic heterocycles. The quantitative estimate of drug-likeness (QED) is 0.178. The molecule has 0 saturated carbocycles. The van der Waals surface area contributed by atoms with Crippen LogP contribution in [0.2, 0.25) is 0 Å². The molecule has 0 spiro atoms. The first kappa shape index (κ1) is 25.4. The van der Waals surface area contributed by atoms with E-state index in [1.807, 2.05) is 24.3 Å². The van der Waals surface area contributed by atoms with Crippen molar-refractivity contribution in [1.82, 2.24) is 5.48 Å². The van der Waals surface area contributed by atoms with Crippen molar-refractivity contribution in [2.24, 2.45) is 0 Å². The van der Waals surface area contributed by atoms with Gasteiger partial charge in [0.25, 0.3) is 5.91 Å². The molecule has 33 heavy (non-hydrogen) atoms. The molecule has 0 unspecified atom stereocenters. The van der Waals surface area contributed by atoms with Gasteiger partial charge in [0.1, 0.15) is 5.75 Å². The molecule has 2 amide bonds. The van der Waals surface area contributed by atoms with Crippen LogP contribution in [0.1, 0.15) is 25.7 Å². The van der Waals surface area contributed by atoms with Crippen molar-refractivity contribution in [3.05, 3.63) is 52.1 Å². The molecule has 11 heteroatoms. The molecule has 0 bridgehead atoms. The normalized spacial score (nSPS) is 15.5. The highest BCUT2D eigenvalue weighted by Crippen LogP contribution is 2.35. The van der Waals surface area contributed by atoms with Gasteiger partial charge in [-0.15, -0.1) is 0 Å². The van der Waals surface area contributed by atoms with Crippen LogP contribution in [-0.4, -0.2) is 50.0 Å². The summed E-state index contributed by atoms with van der Waals surface area (Å²) in [6.07, 6.45) is 0.655. The van der Waals surface area contributed by atoms with E-state index in [-0.39, 0.29) is 49.9 Å². The highest BCUT2D eigenvalue weighted by atomic mass is 127. The summed E-state index contributed by atoms with van der Waals surface area (Å²) in [7, 11) is -4.08. The second-order valence-electron chi connectivity index (χ2n) is 7.53. The average Bonchev–Trinajstić information content (AvgIpc) is 2.82. The number of amides is 2. The van der Waals surface area contributed by atoms with E-state index in [1.165, 1.54) is 29.7 Å². The number of anilines is 1. The van der Waals surface area contributed by atoms with E-state index in [1.54, 1.807) is 0 Å². The Bertz CT molecular complexity index is 1080. The van der Waals surface area contributed by atoms with Gasteiger partial charge in [-0.2, -0.15) is 0 Å². The maximum absolute atomic E-state index is 13.2. The first-order chi connectivity index (χ1) is 15.8. The Balaban J connectivity index is 1.55. The summed E-state index contributed by atoms with van der Waals surface area (Å²) < 4.78 is 36.5. The molecule has 1 fully saturated rings. The number of carbonyl (C=O) groups is 2. The number of hydrogen-bond acceptors (Lipinski definition) is 7. The summed E-state index contributed by atoms with van der Waals surface area (Å²) in [5.74, 6) is -0.639. The fourth-order valence-electron chi connectivity index (χ4n) is 3.57. The maximum Gasteiger partial charge on any atom is 0.265 e. The number of sulfone groups is 1. The molecule has 1 aliphatic rings. The van der Waals surface area contributed by atoms with Gasteiger partial charge in [0.15, 0.2) is 14.6 Å². The number of benzene rings is 2. The van der Waals surface area contributed by atoms with Crippen LogP contribution < -0.4 is 15.5 Å². The van der Waals surface area contributed by atoms with Gasteiger partial charge in [-0.05, 0) is 84.3 Å². The number of rotatable bonds is 9. The lowest BCUT2D eigenvalue weighted by Gasteiger charge is -2.34. The minimum Gasteiger partial charge on any atom is -0.494 e. The molecule has 0 aliphatic carbocycles. The summed E-state index contributed by atoms with van der Waals surface area (Å²) in [6, 6.07) is 13.2. The van der Waals surface area contributed by atoms with Gasteiger partial charge in [-0.25, -0.2) is 13.9 Å². The first-order valence-electron chi connectivity index (χ1n) is 10.3. The van der Waals surface area contributed by atoms with Crippen LogP contribution in [0.25, 0.3) is 0 Å². The predicted octanol–water partition coefficient (Wildman–Crippen LogP) is 2.92. The summed E-state index contributed by atoms with van der Waals surface area (Å²) in [6.45, 7) is 0.482. The van der Waals surface area contributed by atoms with Crippen molar-refractivity contribution in [2.45, 2.75) is 35.3 Å². The molecule has 9 nitrogen and oxygen atoms in total. The number of ether oxygens (including phenoxy) is 2.